The molecule has 1 rings (SSSR count). The summed E-state index contributed by atoms with van der Waals surface area (Å²) in [5.74, 6) is 0.533. The summed E-state index contributed by atoms with van der Waals surface area (Å²) in [6.07, 6.45) is 4.61. The lowest BCUT2D eigenvalue weighted by molar-refractivity contribution is 0.562. The van der Waals surface area contributed by atoms with Crippen LogP contribution in [0.5, 0.6) is 0 Å². The predicted molar refractivity (Wildman–Crippen MR) is 33.9 cm³/mol. The molecular weight excluding hydrogens is 130 g/mol. The first-order valence-corrected chi connectivity index (χ1v) is 2.73. The van der Waals surface area contributed by atoms with E-state index >= 15 is 0 Å². The highest BCUT2D eigenvalue weighted by molar-refractivity contribution is 5.32. The van der Waals surface area contributed by atoms with Gasteiger partial charge in [-0.1, -0.05) is 0 Å². The maximum absolute atomic E-state index is 9.63. The zero-order valence-corrected chi connectivity index (χ0v) is 5.19. The Kier molecular flexibility index (Phi) is 2.29. The summed E-state index contributed by atoms with van der Waals surface area (Å²) in [5.41, 5.74) is 0. The molecule has 1 heterocycles. The molecule has 0 saturated carbocycles. The first kappa shape index (κ1) is 6.58. The molecule has 0 aromatic carbocycles. The Hall–Kier alpha value is -1.54. The average molecular weight is 135 g/mol. The van der Waals surface area contributed by atoms with E-state index < -0.39 is 0 Å². The van der Waals surface area contributed by atoms with E-state index in [2.05, 4.69) is 15.0 Å². The molecule has 0 spiro atoms. The highest BCUT2D eigenvalue weighted by atomic mass is 16.1. The average Bonchev–Trinajstić information content (AvgIpc) is 2.03. The molecule has 1 aromatic heterocycles. The number of carbonyl (C=O) groups excluding carboxylic acids is 1. The molecule has 0 aliphatic carbocycles. The number of aromatic nitrogens is 2. The number of hydrogen-bond acceptors (Lipinski definition) is 4. The van der Waals surface area contributed by atoms with E-state index in [0.29, 0.717) is 5.82 Å². The Morgan fingerprint density at radius 1 is 1.50 bits per heavy atom. The fourth-order valence-electron chi connectivity index (χ4n) is 0.515. The number of rotatable bonds is 2. The topological polar surface area (TPSA) is 55.2 Å². The number of isocyanates is 1. The van der Waals surface area contributed by atoms with Crippen LogP contribution in [0.3, 0.4) is 0 Å². The Morgan fingerprint density at radius 3 is 2.80 bits per heavy atom. The van der Waals surface area contributed by atoms with Crippen LogP contribution in [0.2, 0.25) is 0 Å². The second kappa shape index (κ2) is 3.48. The number of hydrogen-bond donors (Lipinski definition) is 0. The summed E-state index contributed by atoms with van der Waals surface area (Å²) >= 11 is 0. The van der Waals surface area contributed by atoms with Gasteiger partial charge in [-0.15, -0.1) is 0 Å². The SMILES string of the molecule is O=C=NCc1ncccn1. The Balaban J connectivity index is 2.67. The van der Waals surface area contributed by atoms with Gasteiger partial charge in [0.05, 0.1) is 0 Å². The van der Waals surface area contributed by atoms with Gasteiger partial charge in [-0.2, -0.15) is 4.99 Å². The molecule has 0 unspecified atom stereocenters. The van der Waals surface area contributed by atoms with Crippen LogP contribution >= 0.6 is 0 Å². The summed E-state index contributed by atoms with van der Waals surface area (Å²) in [7, 11) is 0. The molecule has 0 N–H and O–H groups in total. The lowest BCUT2D eigenvalue weighted by atomic mass is 10.5. The maximum Gasteiger partial charge on any atom is 0.235 e. The Labute approximate surface area is 57.7 Å². The molecule has 0 atom stereocenters. The number of nitrogens with zero attached hydrogens (tertiary/aromatic N) is 3. The minimum absolute atomic E-state index is 0.213. The fourth-order valence-corrected chi connectivity index (χ4v) is 0.515. The first-order valence-electron chi connectivity index (χ1n) is 2.73. The molecule has 0 amide bonds. The second-order valence-electron chi connectivity index (χ2n) is 1.57. The second-order valence-corrected chi connectivity index (χ2v) is 1.57. The van der Waals surface area contributed by atoms with Crippen LogP contribution in [0.4, 0.5) is 0 Å². The molecule has 0 saturated heterocycles. The molecule has 4 heteroatoms. The molecule has 0 aliphatic rings. The van der Waals surface area contributed by atoms with E-state index in [1.165, 1.54) is 6.08 Å². The Bertz CT molecular complexity index is 240. The lowest BCUT2D eigenvalue weighted by Gasteiger charge is -1.87. The summed E-state index contributed by atoms with van der Waals surface area (Å²) in [5, 5.41) is 0. The third kappa shape index (κ3) is 1.76. The largest absolute Gasteiger partial charge is 0.239 e. The van der Waals surface area contributed by atoms with E-state index in [1.54, 1.807) is 18.5 Å². The maximum atomic E-state index is 9.63. The van der Waals surface area contributed by atoms with E-state index in [9.17, 15) is 4.79 Å². The van der Waals surface area contributed by atoms with E-state index in [-0.39, 0.29) is 6.54 Å². The molecular formula is C6H5N3O. The van der Waals surface area contributed by atoms with Crippen LogP contribution in [0.15, 0.2) is 23.5 Å². The molecule has 0 fully saturated rings. The zero-order chi connectivity index (χ0) is 7.23. The zero-order valence-electron chi connectivity index (χ0n) is 5.19. The lowest BCUT2D eigenvalue weighted by Crippen LogP contribution is -1.89. The van der Waals surface area contributed by atoms with Crippen molar-refractivity contribution in [3.8, 4) is 0 Å². The van der Waals surface area contributed by atoms with Crippen LogP contribution < -0.4 is 0 Å². The summed E-state index contributed by atoms with van der Waals surface area (Å²) < 4.78 is 0. The minimum Gasteiger partial charge on any atom is -0.239 e. The van der Waals surface area contributed by atoms with Crippen LogP contribution in [0.25, 0.3) is 0 Å². The molecule has 0 aliphatic heterocycles. The summed E-state index contributed by atoms with van der Waals surface area (Å²) in [4.78, 5) is 20.6. The van der Waals surface area contributed by atoms with Gasteiger partial charge in [0, 0.05) is 12.4 Å². The highest BCUT2D eigenvalue weighted by Crippen LogP contribution is 1.87. The van der Waals surface area contributed by atoms with E-state index in [1.807, 2.05) is 0 Å². The van der Waals surface area contributed by atoms with Crippen molar-refractivity contribution in [1.29, 1.82) is 0 Å². The molecule has 10 heavy (non-hydrogen) atoms. The van der Waals surface area contributed by atoms with Gasteiger partial charge in [0.2, 0.25) is 6.08 Å². The minimum atomic E-state index is 0.213. The molecule has 0 radical (unpaired) electrons. The third-order valence-corrected chi connectivity index (χ3v) is 0.904. The normalized spacial score (nSPS) is 8.40. The van der Waals surface area contributed by atoms with Crippen molar-refractivity contribution in [3.63, 3.8) is 0 Å². The van der Waals surface area contributed by atoms with Crippen LogP contribution in [0, 0.1) is 0 Å². The van der Waals surface area contributed by atoms with Gasteiger partial charge in [-0.3, -0.25) is 0 Å². The van der Waals surface area contributed by atoms with Gasteiger partial charge < -0.3 is 0 Å². The smallest absolute Gasteiger partial charge is 0.235 e. The van der Waals surface area contributed by atoms with Crippen LogP contribution in [-0.4, -0.2) is 16.0 Å². The fraction of sp³-hybridized carbons (Fsp3) is 0.167. The molecule has 1 aromatic rings. The van der Waals surface area contributed by atoms with Crippen molar-refractivity contribution in [2.24, 2.45) is 4.99 Å². The third-order valence-electron chi connectivity index (χ3n) is 0.904. The Morgan fingerprint density at radius 2 is 2.20 bits per heavy atom. The van der Waals surface area contributed by atoms with Gasteiger partial charge in [0.1, 0.15) is 12.4 Å². The molecule has 4 nitrogen and oxygen atoms in total. The standard InChI is InChI=1S/C6H5N3O/c10-5-7-4-6-8-2-1-3-9-6/h1-3H,4H2. The summed E-state index contributed by atoms with van der Waals surface area (Å²) in [6, 6.07) is 1.70. The molecule has 50 valence electrons. The van der Waals surface area contributed by atoms with E-state index in [0.717, 1.165) is 0 Å². The van der Waals surface area contributed by atoms with Gasteiger partial charge in [-0.05, 0) is 6.07 Å². The predicted octanol–water partition coefficient (Wildman–Crippen LogP) is 0.312. The van der Waals surface area contributed by atoms with Crippen molar-refractivity contribution < 1.29 is 4.79 Å². The monoisotopic (exact) mass is 135 g/mol. The van der Waals surface area contributed by atoms with E-state index in [4.69, 9.17) is 0 Å². The van der Waals surface area contributed by atoms with Crippen molar-refractivity contribution in [2.45, 2.75) is 6.54 Å². The van der Waals surface area contributed by atoms with Crippen molar-refractivity contribution in [2.75, 3.05) is 0 Å². The first-order chi connectivity index (χ1) is 4.93. The van der Waals surface area contributed by atoms with Gasteiger partial charge in [-0.25, -0.2) is 14.8 Å². The van der Waals surface area contributed by atoms with Crippen LogP contribution in [0.1, 0.15) is 5.82 Å². The summed E-state index contributed by atoms with van der Waals surface area (Å²) in [6.45, 7) is 0.213. The number of aliphatic imine (C=N–C) groups is 1. The van der Waals surface area contributed by atoms with Gasteiger partial charge >= 0.3 is 0 Å². The van der Waals surface area contributed by atoms with Crippen molar-refractivity contribution >= 4 is 6.08 Å². The van der Waals surface area contributed by atoms with Gasteiger partial charge in [0.15, 0.2) is 0 Å². The quantitative estimate of drug-likeness (QED) is 0.433. The van der Waals surface area contributed by atoms with Crippen molar-refractivity contribution in [3.05, 3.63) is 24.3 Å². The highest BCUT2D eigenvalue weighted by Gasteiger charge is 1.88. The van der Waals surface area contributed by atoms with Crippen LogP contribution in [-0.2, 0) is 11.3 Å². The van der Waals surface area contributed by atoms with Gasteiger partial charge in [0.25, 0.3) is 0 Å². The molecule has 0 bridgehead atoms. The van der Waals surface area contributed by atoms with Crippen molar-refractivity contribution in [1.82, 2.24) is 9.97 Å².